The number of hydrogen-bond donors (Lipinski definition) is 9. The van der Waals surface area contributed by atoms with E-state index >= 15 is 0 Å². The molecule has 0 aromatic heterocycles. The molecular weight excluding hydrogens is 655 g/mol. The number of aliphatic hydroxyl groups excluding tert-OH is 3. The maximum absolute atomic E-state index is 14.0. The lowest BCUT2D eigenvalue weighted by atomic mass is 9.55. The Kier molecular flexibility index (Phi) is 8.60. The van der Waals surface area contributed by atoms with Crippen LogP contribution in [-0.4, -0.2) is 104 Å². The number of likely N-dealkylation sites (N-methyl/N-ethyl adjacent to an activating group) is 1. The molecule has 0 bridgehead atoms. The summed E-state index contributed by atoms with van der Waals surface area (Å²) in [5.74, 6) is -11.5. The van der Waals surface area contributed by atoms with Gasteiger partial charge in [0.15, 0.2) is 17.1 Å². The van der Waals surface area contributed by atoms with E-state index in [0.29, 0.717) is 11.2 Å². The van der Waals surface area contributed by atoms with Crippen molar-refractivity contribution in [2.24, 2.45) is 17.6 Å². The number of amides is 3. The van der Waals surface area contributed by atoms with Gasteiger partial charge in [0.1, 0.15) is 17.1 Å². The molecule has 0 saturated carbocycles. The van der Waals surface area contributed by atoms with E-state index in [2.05, 4.69) is 10.6 Å². The van der Waals surface area contributed by atoms with Gasteiger partial charge in [0.2, 0.25) is 17.6 Å². The lowest BCUT2D eigenvalue weighted by molar-refractivity contribution is -0.162. The number of benzene rings is 2. The van der Waals surface area contributed by atoms with Gasteiger partial charge in [-0.3, -0.25) is 28.9 Å². The van der Waals surface area contributed by atoms with Crippen LogP contribution in [0.15, 0.2) is 53.0 Å². The number of aromatic hydroxyl groups is 1. The van der Waals surface area contributed by atoms with Gasteiger partial charge in [-0.25, -0.2) is 0 Å². The Morgan fingerprint density at radius 2 is 1.72 bits per heavy atom. The van der Waals surface area contributed by atoms with E-state index in [1.54, 1.807) is 25.1 Å². The second kappa shape index (κ2) is 12.4. The molecule has 16 nitrogen and oxygen atoms in total. The number of nitrogens with two attached hydrogens (primary N) is 1. The Hall–Kier alpha value is -5.07. The number of hydrogen-bond acceptors (Lipinski definition) is 13. The number of ketones is 2. The number of nitrogens with one attached hydrogen (secondary N) is 2. The van der Waals surface area contributed by atoms with Gasteiger partial charge in [0.25, 0.3) is 5.91 Å². The third-order valence-corrected chi connectivity index (χ3v) is 10.1. The van der Waals surface area contributed by atoms with Crippen molar-refractivity contribution in [2.75, 3.05) is 24.7 Å². The second-order valence-corrected chi connectivity index (χ2v) is 13.1. The summed E-state index contributed by atoms with van der Waals surface area (Å²) in [5.41, 5.74) is 2.04. The quantitative estimate of drug-likeness (QED) is 0.0983. The molecule has 50 heavy (non-hydrogen) atoms. The van der Waals surface area contributed by atoms with Gasteiger partial charge >= 0.3 is 7.12 Å². The zero-order valence-electron chi connectivity index (χ0n) is 27.1. The lowest BCUT2D eigenvalue weighted by Crippen LogP contribution is -2.68. The first kappa shape index (κ1) is 34.8. The first-order valence-corrected chi connectivity index (χ1v) is 15.7. The molecule has 262 valence electrons. The van der Waals surface area contributed by atoms with E-state index in [1.165, 1.54) is 31.1 Å². The maximum atomic E-state index is 14.0. The zero-order chi connectivity index (χ0) is 36.6. The van der Waals surface area contributed by atoms with Crippen LogP contribution in [-0.2, 0) is 30.4 Å². The number of anilines is 2. The molecule has 17 heteroatoms. The van der Waals surface area contributed by atoms with Crippen molar-refractivity contribution in [1.29, 1.82) is 0 Å². The normalized spacial score (nSPS) is 27.1. The molecule has 3 amide bonds. The van der Waals surface area contributed by atoms with Crippen LogP contribution in [0.1, 0.15) is 47.2 Å². The molecule has 6 atom stereocenters. The van der Waals surface area contributed by atoms with Gasteiger partial charge in [0, 0.05) is 30.0 Å². The summed E-state index contributed by atoms with van der Waals surface area (Å²) in [6.07, 6.45) is -2.33. The molecule has 0 saturated heterocycles. The Morgan fingerprint density at radius 1 is 1.06 bits per heavy atom. The van der Waals surface area contributed by atoms with E-state index in [0.717, 1.165) is 5.56 Å². The molecule has 0 fully saturated rings. The number of rotatable bonds is 7. The number of carbonyl (C=O) groups is 5. The van der Waals surface area contributed by atoms with Crippen molar-refractivity contribution >= 4 is 53.2 Å². The molecule has 2 aromatic rings. The first-order valence-electron chi connectivity index (χ1n) is 15.7. The average molecular weight is 690 g/mol. The summed E-state index contributed by atoms with van der Waals surface area (Å²) in [7, 11) is 1.79. The molecule has 1 heterocycles. The second-order valence-electron chi connectivity index (χ2n) is 13.1. The Labute approximate surface area is 285 Å². The van der Waals surface area contributed by atoms with Crippen molar-refractivity contribution < 1.29 is 59.2 Å². The SMILES string of the molecule is C[C@H]1c2ccc(NC(=O)CCC(=O)Nc3ccc4c(c3)B(O)OC4)c(O)c2C(=O)C2=C(O)[C@]3(O)C(=O)C(C(N)=O)=C(O)[C@@H](N(C)C)[C@@H]3[C@@H](O)[C@@H]21. The minimum Gasteiger partial charge on any atom is -0.510 e. The molecular formula is C33H35BN4O12. The van der Waals surface area contributed by atoms with Crippen molar-refractivity contribution in [2.45, 2.75) is 50.0 Å². The number of nitrogens with zero attached hydrogens (tertiary/aromatic N) is 1. The largest absolute Gasteiger partial charge is 0.510 e. The molecule has 6 rings (SSSR count). The Balaban J connectivity index is 1.26. The summed E-state index contributed by atoms with van der Waals surface area (Å²) in [6, 6.07) is 6.28. The average Bonchev–Trinajstić information content (AvgIpc) is 3.42. The molecule has 3 aliphatic carbocycles. The van der Waals surface area contributed by atoms with E-state index in [-0.39, 0.29) is 36.3 Å². The fourth-order valence-electron chi connectivity index (χ4n) is 7.68. The van der Waals surface area contributed by atoms with Crippen molar-refractivity contribution in [3.63, 3.8) is 0 Å². The summed E-state index contributed by atoms with van der Waals surface area (Å²) in [4.78, 5) is 66.5. The van der Waals surface area contributed by atoms with Gasteiger partial charge in [-0.1, -0.05) is 19.1 Å². The lowest BCUT2D eigenvalue weighted by Gasteiger charge is -2.53. The van der Waals surface area contributed by atoms with Gasteiger partial charge in [-0.15, -0.1) is 0 Å². The summed E-state index contributed by atoms with van der Waals surface area (Å²) >= 11 is 0. The van der Waals surface area contributed by atoms with Gasteiger partial charge in [0.05, 0.1) is 35.9 Å². The molecule has 10 N–H and O–H groups in total. The summed E-state index contributed by atoms with van der Waals surface area (Å²) in [6.45, 7) is 1.83. The van der Waals surface area contributed by atoms with Crippen molar-refractivity contribution in [3.05, 3.63) is 69.7 Å². The minimum absolute atomic E-state index is 0.209. The monoisotopic (exact) mass is 690 g/mol. The van der Waals surface area contributed by atoms with Crippen molar-refractivity contribution in [1.82, 2.24) is 4.90 Å². The molecule has 2 aromatic carbocycles. The van der Waals surface area contributed by atoms with E-state index in [1.807, 2.05) is 0 Å². The molecule has 0 spiro atoms. The fourth-order valence-corrected chi connectivity index (χ4v) is 7.68. The predicted octanol–water partition coefficient (Wildman–Crippen LogP) is -0.772. The number of fused-ring (bicyclic) bond motifs is 4. The van der Waals surface area contributed by atoms with Crippen LogP contribution in [0.3, 0.4) is 0 Å². The van der Waals surface area contributed by atoms with Crippen LogP contribution >= 0.6 is 0 Å². The number of phenolic OH excluding ortho intramolecular Hbond substituents is 1. The number of primary amides is 1. The van der Waals surface area contributed by atoms with Crippen LogP contribution in [0.2, 0.25) is 0 Å². The fraction of sp³-hybridized carbons (Fsp3) is 0.364. The highest BCUT2D eigenvalue weighted by atomic mass is 16.5. The predicted molar refractivity (Wildman–Crippen MR) is 175 cm³/mol. The third kappa shape index (κ3) is 5.16. The molecule has 1 aliphatic heterocycles. The molecule has 0 radical (unpaired) electrons. The Morgan fingerprint density at radius 3 is 2.36 bits per heavy atom. The van der Waals surface area contributed by atoms with Gasteiger partial charge in [-0.05, 0) is 54.8 Å². The van der Waals surface area contributed by atoms with E-state index in [9.17, 15) is 54.5 Å². The van der Waals surface area contributed by atoms with Crippen molar-refractivity contribution in [3.8, 4) is 5.75 Å². The first-order chi connectivity index (χ1) is 23.5. The molecule has 4 aliphatic rings. The van der Waals surface area contributed by atoms with Gasteiger partial charge in [-0.2, -0.15) is 0 Å². The highest BCUT2D eigenvalue weighted by Gasteiger charge is 2.67. The molecule has 0 unspecified atom stereocenters. The minimum atomic E-state index is -3.06. The van der Waals surface area contributed by atoms with Crippen LogP contribution in [0.4, 0.5) is 11.4 Å². The number of phenols is 1. The standard InChI is InChI=1S/C33H35BN4O12/c1-12-15-6-7-17(37-19(40)9-8-18(39)36-14-5-4-13-11-50-34(49)16(13)10-14)26(41)21(15)27(42)22-20(12)28(43)24-25(38(2)3)29(44)23(32(35)47)31(46)33(24,48)30(22)45/h4-7,10,12,20,24-25,28,41,43-45,48-49H,8-9,11H2,1-3H3,(H2,35,47)(H,36,39)(H,37,40)/t12-,20+,24+,25-,28-,33-/m0/s1. The highest BCUT2D eigenvalue weighted by molar-refractivity contribution is 6.61. The summed E-state index contributed by atoms with van der Waals surface area (Å²) < 4.78 is 5.14. The smallest absolute Gasteiger partial charge is 0.491 e. The third-order valence-electron chi connectivity index (χ3n) is 10.1. The zero-order valence-corrected chi connectivity index (χ0v) is 27.1. The Bertz CT molecular complexity index is 1940. The number of Topliss-reactive ketones (excluding diaryl/α,β-unsaturated/α-hetero) is 2. The summed E-state index contributed by atoms with van der Waals surface area (Å²) in [5, 5.41) is 72.2. The van der Waals surface area contributed by atoms with Gasteiger partial charge < -0.3 is 51.6 Å². The highest BCUT2D eigenvalue weighted by Crippen LogP contribution is 2.56. The van der Waals surface area contributed by atoms with Crippen LogP contribution in [0.5, 0.6) is 5.75 Å². The van der Waals surface area contributed by atoms with Crippen LogP contribution in [0, 0.1) is 11.8 Å². The van der Waals surface area contributed by atoms with Crippen LogP contribution < -0.4 is 21.8 Å². The van der Waals surface area contributed by atoms with E-state index < -0.39 is 100 Å². The van der Waals surface area contributed by atoms with Crippen LogP contribution in [0.25, 0.3) is 0 Å². The van der Waals surface area contributed by atoms with E-state index in [4.69, 9.17) is 10.4 Å². The number of carbonyl (C=O) groups excluding carboxylic acids is 5. The maximum Gasteiger partial charge on any atom is 0.491 e. The number of aliphatic hydroxyl groups is 4. The topological polar surface area (TPSA) is 269 Å².